The summed E-state index contributed by atoms with van der Waals surface area (Å²) in [6.07, 6.45) is 1.37. The fraction of sp³-hybridized carbons (Fsp3) is 0.393. The van der Waals surface area contributed by atoms with Gasteiger partial charge in [-0.05, 0) is 18.2 Å². The molecule has 1 saturated heterocycles. The Bertz CT molecular complexity index is 1240. The summed E-state index contributed by atoms with van der Waals surface area (Å²) in [5, 5.41) is 22.8. The van der Waals surface area contributed by atoms with Crippen LogP contribution in [0.2, 0.25) is 0 Å². The zero-order chi connectivity index (χ0) is 27.2. The number of piperazine rings is 1. The summed E-state index contributed by atoms with van der Waals surface area (Å²) in [5.74, 6) is 0.0789. The van der Waals surface area contributed by atoms with Gasteiger partial charge in [-0.2, -0.15) is 0 Å². The number of nitrogens with zero attached hydrogens (tertiary/aromatic N) is 4. The third-order valence-corrected chi connectivity index (χ3v) is 8.09. The minimum Gasteiger partial charge on any atom is -0.394 e. The molecule has 3 heterocycles. The molecule has 10 nitrogen and oxygen atoms in total. The predicted molar refractivity (Wildman–Crippen MR) is 148 cm³/mol. The molecule has 3 N–H and O–H groups in total. The van der Waals surface area contributed by atoms with Crippen LogP contribution in [0.15, 0.2) is 75.5 Å². The molecular weight excluding hydrogens is 518 g/mol. The van der Waals surface area contributed by atoms with E-state index in [0.717, 1.165) is 44.9 Å². The van der Waals surface area contributed by atoms with Crippen LogP contribution < -0.4 is 5.32 Å². The van der Waals surface area contributed by atoms with Crippen molar-refractivity contribution in [2.24, 2.45) is 4.99 Å². The fourth-order valence-electron chi connectivity index (χ4n) is 4.95. The van der Waals surface area contributed by atoms with Crippen LogP contribution in [-0.2, 0) is 14.3 Å². The highest BCUT2D eigenvalue weighted by Crippen LogP contribution is 2.40. The molecule has 206 valence electrons. The van der Waals surface area contributed by atoms with Crippen molar-refractivity contribution in [2.45, 2.75) is 22.1 Å². The van der Waals surface area contributed by atoms with Crippen LogP contribution in [0.25, 0.3) is 0 Å². The minimum absolute atomic E-state index is 0.00440. The Morgan fingerprint density at radius 3 is 2.56 bits per heavy atom. The number of fused-ring (bicyclic) bond motifs is 2. The molecule has 0 saturated carbocycles. The van der Waals surface area contributed by atoms with Gasteiger partial charge in [-0.15, -0.1) is 0 Å². The van der Waals surface area contributed by atoms with E-state index in [2.05, 4.69) is 33.3 Å². The highest BCUT2D eigenvalue weighted by atomic mass is 32.2. The number of carbonyl (C=O) groups is 2. The van der Waals surface area contributed by atoms with Crippen LogP contribution in [0.3, 0.4) is 0 Å². The fourth-order valence-corrected chi connectivity index (χ4v) is 5.97. The van der Waals surface area contributed by atoms with Gasteiger partial charge in [-0.3, -0.25) is 24.7 Å². The molecule has 39 heavy (non-hydrogen) atoms. The molecule has 2 atom stereocenters. The quantitative estimate of drug-likeness (QED) is 0.226. The second-order valence-electron chi connectivity index (χ2n) is 9.52. The largest absolute Gasteiger partial charge is 0.394 e. The van der Waals surface area contributed by atoms with Crippen molar-refractivity contribution in [3.8, 4) is 0 Å². The maximum absolute atomic E-state index is 11.9. The lowest BCUT2D eigenvalue weighted by Gasteiger charge is -2.43. The number of amidine groups is 1. The molecule has 3 aliphatic rings. The number of ether oxygens (including phenoxy) is 1. The van der Waals surface area contributed by atoms with Gasteiger partial charge in [0.15, 0.2) is 0 Å². The second-order valence-corrected chi connectivity index (χ2v) is 10.6. The van der Waals surface area contributed by atoms with Crippen LogP contribution in [0.5, 0.6) is 0 Å². The Hall–Kier alpha value is -3.06. The first-order chi connectivity index (χ1) is 19.0. The summed E-state index contributed by atoms with van der Waals surface area (Å²) < 4.78 is 5.53. The van der Waals surface area contributed by atoms with Gasteiger partial charge in [0, 0.05) is 66.3 Å². The number of hydrogen-bond acceptors (Lipinski definition) is 10. The van der Waals surface area contributed by atoms with Gasteiger partial charge >= 0.3 is 0 Å². The molecule has 0 spiro atoms. The van der Waals surface area contributed by atoms with Crippen LogP contribution in [-0.4, -0.2) is 114 Å². The third kappa shape index (κ3) is 6.57. The molecule has 3 aliphatic heterocycles. The number of β-amino-alcohol motifs (C(OH)–C–C–N with tert-alkyl or cyclic N) is 1. The smallest absolute Gasteiger partial charge is 0.253 e. The van der Waals surface area contributed by atoms with Crippen LogP contribution in [0.1, 0.15) is 5.56 Å². The van der Waals surface area contributed by atoms with Crippen molar-refractivity contribution < 1.29 is 24.5 Å². The van der Waals surface area contributed by atoms with E-state index < -0.39 is 18.0 Å². The zero-order valence-corrected chi connectivity index (χ0v) is 22.4. The number of benzene rings is 2. The molecule has 5 rings (SSSR count). The highest BCUT2D eigenvalue weighted by molar-refractivity contribution is 7.99. The lowest BCUT2D eigenvalue weighted by Crippen LogP contribution is -2.59. The molecule has 2 aromatic rings. The maximum atomic E-state index is 11.9. The average molecular weight is 552 g/mol. The number of aliphatic hydroxyl groups is 2. The van der Waals surface area contributed by atoms with E-state index in [0.29, 0.717) is 26.2 Å². The molecule has 0 aliphatic carbocycles. The SMILES string of the molecule is O=C1C=CC(=O)N1CC(O)NCC1CN(C2=Nc3ccccc3Sc3ccccc32)CCN1CCOCCO. The van der Waals surface area contributed by atoms with E-state index in [1.54, 1.807) is 11.8 Å². The Morgan fingerprint density at radius 2 is 1.77 bits per heavy atom. The summed E-state index contributed by atoms with van der Waals surface area (Å²) in [6, 6.07) is 16.5. The number of rotatable bonds is 10. The monoisotopic (exact) mass is 551 g/mol. The van der Waals surface area contributed by atoms with Gasteiger partial charge in [0.1, 0.15) is 12.1 Å². The first kappa shape index (κ1) is 27.5. The van der Waals surface area contributed by atoms with Gasteiger partial charge in [-0.25, -0.2) is 4.99 Å². The standard InChI is InChI=1S/C28H33N5O5S/c34-14-16-38-15-13-31-11-12-32(18-20(31)17-29-25(35)19-33-26(36)9-10-27(33)37)28-21-5-1-3-7-23(21)39-24-8-4-2-6-22(24)30-28/h1-10,20,25,29,34-35H,11-19H2. The topological polar surface area (TPSA) is 118 Å². The maximum Gasteiger partial charge on any atom is 0.253 e. The van der Waals surface area contributed by atoms with Crippen molar-refractivity contribution in [1.82, 2.24) is 20.0 Å². The highest BCUT2D eigenvalue weighted by Gasteiger charge is 2.32. The summed E-state index contributed by atoms with van der Waals surface area (Å²) >= 11 is 1.72. The normalized spacial score (nSPS) is 20.1. The molecule has 1 fully saturated rings. The summed E-state index contributed by atoms with van der Waals surface area (Å²) in [7, 11) is 0. The molecule has 0 aromatic heterocycles. The lowest BCUT2D eigenvalue weighted by atomic mass is 10.1. The molecule has 2 amide bonds. The number of imide groups is 1. The van der Waals surface area contributed by atoms with Crippen molar-refractivity contribution in [2.75, 3.05) is 59.1 Å². The first-order valence-electron chi connectivity index (χ1n) is 13.1. The van der Waals surface area contributed by atoms with E-state index in [4.69, 9.17) is 14.8 Å². The number of nitrogens with one attached hydrogen (secondary N) is 1. The zero-order valence-electron chi connectivity index (χ0n) is 21.6. The molecular formula is C28H33N5O5S. The van der Waals surface area contributed by atoms with Crippen molar-refractivity contribution >= 4 is 35.1 Å². The Labute approximate surface area is 231 Å². The number of hydrogen-bond donors (Lipinski definition) is 3. The summed E-state index contributed by atoms with van der Waals surface area (Å²) in [6.45, 7) is 3.92. The Balaban J connectivity index is 1.33. The van der Waals surface area contributed by atoms with Gasteiger partial charge in [-0.1, -0.05) is 42.1 Å². The molecule has 0 bridgehead atoms. The Morgan fingerprint density at radius 1 is 1.03 bits per heavy atom. The third-order valence-electron chi connectivity index (χ3n) is 6.95. The number of carbonyl (C=O) groups excluding carboxylic acids is 2. The van der Waals surface area contributed by atoms with Crippen molar-refractivity contribution in [3.05, 3.63) is 66.2 Å². The van der Waals surface area contributed by atoms with E-state index in [-0.39, 0.29) is 25.8 Å². The van der Waals surface area contributed by atoms with E-state index in [1.807, 2.05) is 30.3 Å². The second kappa shape index (κ2) is 12.9. The van der Waals surface area contributed by atoms with E-state index >= 15 is 0 Å². The number of amides is 2. The Kier molecular flexibility index (Phi) is 9.07. The summed E-state index contributed by atoms with van der Waals surface area (Å²) in [5.41, 5.74) is 2.02. The molecule has 11 heteroatoms. The molecule has 2 unspecified atom stereocenters. The van der Waals surface area contributed by atoms with Gasteiger partial charge in [0.05, 0.1) is 32.1 Å². The molecule has 2 aromatic carbocycles. The first-order valence-corrected chi connectivity index (χ1v) is 13.9. The summed E-state index contributed by atoms with van der Waals surface area (Å²) in [4.78, 5) is 36.8. The van der Waals surface area contributed by atoms with Gasteiger partial charge < -0.3 is 19.8 Å². The number of aliphatic imine (C=N–C) groups is 1. The van der Waals surface area contributed by atoms with Crippen LogP contribution in [0.4, 0.5) is 5.69 Å². The van der Waals surface area contributed by atoms with Crippen LogP contribution >= 0.6 is 11.8 Å². The number of para-hydroxylation sites is 1. The average Bonchev–Trinajstić information content (AvgIpc) is 3.16. The van der Waals surface area contributed by atoms with E-state index in [9.17, 15) is 14.7 Å². The minimum atomic E-state index is -1.06. The van der Waals surface area contributed by atoms with Crippen molar-refractivity contribution in [1.29, 1.82) is 0 Å². The van der Waals surface area contributed by atoms with Gasteiger partial charge in [0.2, 0.25) is 0 Å². The van der Waals surface area contributed by atoms with Crippen molar-refractivity contribution in [3.63, 3.8) is 0 Å². The lowest BCUT2D eigenvalue weighted by molar-refractivity contribution is -0.138. The molecule has 0 radical (unpaired) electrons. The predicted octanol–water partition coefficient (Wildman–Crippen LogP) is 1.06. The number of aliphatic hydroxyl groups excluding tert-OH is 2. The van der Waals surface area contributed by atoms with Crippen LogP contribution in [0, 0.1) is 0 Å². The van der Waals surface area contributed by atoms with Gasteiger partial charge in [0.25, 0.3) is 11.8 Å². The van der Waals surface area contributed by atoms with E-state index in [1.165, 1.54) is 12.2 Å².